The highest BCUT2D eigenvalue weighted by Gasteiger charge is 2.14. The van der Waals surface area contributed by atoms with Gasteiger partial charge in [0.05, 0.1) is 20.1 Å². The Morgan fingerprint density at radius 3 is 2.28 bits per heavy atom. The van der Waals surface area contributed by atoms with Gasteiger partial charge in [0.25, 0.3) is 0 Å². The molecule has 29 heavy (non-hydrogen) atoms. The van der Waals surface area contributed by atoms with E-state index < -0.39 is 0 Å². The lowest BCUT2D eigenvalue weighted by Gasteiger charge is -2.17. The Hall–Kier alpha value is -3.60. The van der Waals surface area contributed by atoms with Gasteiger partial charge in [-0.2, -0.15) is 0 Å². The Morgan fingerprint density at radius 1 is 0.897 bits per heavy atom. The molecule has 0 fully saturated rings. The normalized spacial score (nSPS) is 10.3. The lowest BCUT2D eigenvalue weighted by Crippen LogP contribution is -2.35. The molecular weight excluding hydrogens is 364 g/mol. The van der Waals surface area contributed by atoms with Crippen LogP contribution in [0.15, 0.2) is 78.9 Å². The highest BCUT2D eigenvalue weighted by Crippen LogP contribution is 2.20. The molecule has 5 heteroatoms. The van der Waals surface area contributed by atoms with Gasteiger partial charge < -0.3 is 15.0 Å². The Morgan fingerprint density at radius 2 is 1.59 bits per heavy atom. The summed E-state index contributed by atoms with van der Waals surface area (Å²) >= 11 is 0. The molecule has 3 aromatic rings. The van der Waals surface area contributed by atoms with Crippen molar-refractivity contribution >= 4 is 17.5 Å². The van der Waals surface area contributed by atoms with Crippen LogP contribution in [-0.2, 0) is 16.0 Å². The molecule has 0 saturated carbocycles. The number of nitrogens with zero attached hydrogens (tertiary/aromatic N) is 1. The maximum Gasteiger partial charge on any atom is 0.243 e. The molecule has 5 nitrogen and oxygen atoms in total. The van der Waals surface area contributed by atoms with Crippen molar-refractivity contribution in [2.75, 3.05) is 26.0 Å². The first kappa shape index (κ1) is 20.1. The van der Waals surface area contributed by atoms with E-state index in [1.54, 1.807) is 38.4 Å². The molecule has 3 rings (SSSR count). The van der Waals surface area contributed by atoms with E-state index in [2.05, 4.69) is 17.4 Å². The number of nitrogens with one attached hydrogen (secondary N) is 1. The van der Waals surface area contributed by atoms with Crippen LogP contribution in [0, 0.1) is 0 Å². The predicted molar refractivity (Wildman–Crippen MR) is 115 cm³/mol. The van der Waals surface area contributed by atoms with Gasteiger partial charge in [-0.1, -0.05) is 60.7 Å². The van der Waals surface area contributed by atoms with E-state index in [0.29, 0.717) is 11.4 Å². The number of methoxy groups -OCH3 is 1. The van der Waals surface area contributed by atoms with Gasteiger partial charge >= 0.3 is 0 Å². The Labute approximate surface area is 170 Å². The van der Waals surface area contributed by atoms with Crippen LogP contribution >= 0.6 is 0 Å². The van der Waals surface area contributed by atoms with Crippen molar-refractivity contribution in [3.05, 3.63) is 84.4 Å². The average Bonchev–Trinajstić information content (AvgIpc) is 2.75. The zero-order chi connectivity index (χ0) is 20.6. The number of amides is 2. The van der Waals surface area contributed by atoms with E-state index in [1.807, 2.05) is 42.5 Å². The second-order valence-corrected chi connectivity index (χ2v) is 6.77. The first-order valence-electron chi connectivity index (χ1n) is 9.37. The fraction of sp³-hybridized carbons (Fsp3) is 0.167. The minimum Gasteiger partial charge on any atom is -0.497 e. The summed E-state index contributed by atoms with van der Waals surface area (Å²) in [6, 6.07) is 25.1. The molecule has 148 valence electrons. The van der Waals surface area contributed by atoms with Gasteiger partial charge in [-0.3, -0.25) is 9.59 Å². The van der Waals surface area contributed by atoms with Crippen molar-refractivity contribution in [3.8, 4) is 16.9 Å². The van der Waals surface area contributed by atoms with E-state index >= 15 is 0 Å². The summed E-state index contributed by atoms with van der Waals surface area (Å²) in [5.41, 5.74) is 3.78. The summed E-state index contributed by atoms with van der Waals surface area (Å²) in [5, 5.41) is 2.78. The molecule has 2 amide bonds. The highest BCUT2D eigenvalue weighted by molar-refractivity contribution is 5.94. The smallest absolute Gasteiger partial charge is 0.243 e. The van der Waals surface area contributed by atoms with Crippen molar-refractivity contribution in [3.63, 3.8) is 0 Å². The van der Waals surface area contributed by atoms with Gasteiger partial charge in [0.15, 0.2) is 0 Å². The lowest BCUT2D eigenvalue weighted by molar-refractivity contribution is -0.132. The van der Waals surface area contributed by atoms with Crippen LogP contribution in [0.1, 0.15) is 5.56 Å². The number of hydrogen-bond acceptors (Lipinski definition) is 3. The van der Waals surface area contributed by atoms with Crippen molar-refractivity contribution in [2.45, 2.75) is 6.42 Å². The minimum absolute atomic E-state index is 0.0157. The van der Waals surface area contributed by atoms with E-state index in [1.165, 1.54) is 4.90 Å². The Balaban J connectivity index is 1.54. The molecule has 0 aliphatic heterocycles. The third kappa shape index (κ3) is 5.69. The van der Waals surface area contributed by atoms with Crippen molar-refractivity contribution < 1.29 is 14.3 Å². The number of anilines is 1. The fourth-order valence-electron chi connectivity index (χ4n) is 2.96. The topological polar surface area (TPSA) is 58.6 Å². The van der Waals surface area contributed by atoms with Gasteiger partial charge in [0.1, 0.15) is 5.75 Å². The number of benzene rings is 3. The lowest BCUT2D eigenvalue weighted by atomic mass is 10.0. The summed E-state index contributed by atoms with van der Waals surface area (Å²) in [6.07, 6.45) is 0.248. The second-order valence-electron chi connectivity index (χ2n) is 6.77. The van der Waals surface area contributed by atoms with E-state index in [9.17, 15) is 9.59 Å². The van der Waals surface area contributed by atoms with E-state index in [-0.39, 0.29) is 24.8 Å². The predicted octanol–water partition coefficient (Wildman–Crippen LogP) is 4.00. The van der Waals surface area contributed by atoms with Crippen LogP contribution in [0.3, 0.4) is 0 Å². The second kappa shape index (κ2) is 9.55. The molecule has 0 unspecified atom stereocenters. The molecule has 0 saturated heterocycles. The third-order valence-corrected chi connectivity index (χ3v) is 4.58. The zero-order valence-electron chi connectivity index (χ0n) is 16.6. The zero-order valence-corrected chi connectivity index (χ0v) is 16.6. The van der Waals surface area contributed by atoms with E-state index in [4.69, 9.17) is 4.74 Å². The largest absolute Gasteiger partial charge is 0.497 e. The summed E-state index contributed by atoms with van der Waals surface area (Å²) in [7, 11) is 3.20. The molecule has 0 aliphatic carbocycles. The summed E-state index contributed by atoms with van der Waals surface area (Å²) in [4.78, 5) is 26.1. The molecule has 0 bridgehead atoms. The maximum absolute atomic E-state index is 12.5. The molecule has 0 radical (unpaired) electrons. The number of carbonyl (C=O) groups is 2. The molecule has 0 atom stereocenters. The van der Waals surface area contributed by atoms with Crippen LogP contribution in [0.2, 0.25) is 0 Å². The quantitative estimate of drug-likeness (QED) is 0.666. The van der Waals surface area contributed by atoms with Crippen LogP contribution < -0.4 is 10.1 Å². The SMILES string of the molecule is COc1cccc(NC(=O)CN(C)C(=O)Cc2ccc(-c3ccccc3)cc2)c1. The number of hydrogen-bond donors (Lipinski definition) is 1. The van der Waals surface area contributed by atoms with Gasteiger partial charge in [0.2, 0.25) is 11.8 Å². The number of carbonyl (C=O) groups excluding carboxylic acids is 2. The highest BCUT2D eigenvalue weighted by atomic mass is 16.5. The molecule has 0 aliphatic rings. The van der Waals surface area contributed by atoms with Crippen LogP contribution in [0.25, 0.3) is 11.1 Å². The first-order chi connectivity index (χ1) is 14.0. The molecule has 0 heterocycles. The van der Waals surface area contributed by atoms with Crippen molar-refractivity contribution in [1.82, 2.24) is 4.90 Å². The molecule has 0 aromatic heterocycles. The monoisotopic (exact) mass is 388 g/mol. The van der Waals surface area contributed by atoms with Crippen LogP contribution in [0.4, 0.5) is 5.69 Å². The average molecular weight is 388 g/mol. The van der Waals surface area contributed by atoms with Crippen molar-refractivity contribution in [2.24, 2.45) is 0 Å². The third-order valence-electron chi connectivity index (χ3n) is 4.58. The van der Waals surface area contributed by atoms with Gasteiger partial charge in [-0.25, -0.2) is 0 Å². The van der Waals surface area contributed by atoms with Gasteiger partial charge in [-0.15, -0.1) is 0 Å². The van der Waals surface area contributed by atoms with E-state index in [0.717, 1.165) is 16.7 Å². The number of ether oxygens (including phenoxy) is 1. The Kier molecular flexibility index (Phi) is 6.63. The summed E-state index contributed by atoms with van der Waals surface area (Å²) in [5.74, 6) is 0.290. The molecule has 3 aromatic carbocycles. The molecule has 0 spiro atoms. The van der Waals surface area contributed by atoms with Gasteiger partial charge in [-0.05, 0) is 28.8 Å². The number of likely N-dealkylation sites (N-methyl/N-ethyl adjacent to an activating group) is 1. The molecule has 1 N–H and O–H groups in total. The standard InChI is InChI=1S/C24H24N2O3/c1-26(17-23(27)25-21-9-6-10-22(16-21)29-2)24(28)15-18-11-13-20(14-12-18)19-7-4-3-5-8-19/h3-14,16H,15,17H2,1-2H3,(H,25,27). The minimum atomic E-state index is -0.256. The summed E-state index contributed by atoms with van der Waals surface area (Å²) < 4.78 is 5.14. The first-order valence-corrected chi connectivity index (χ1v) is 9.37. The van der Waals surface area contributed by atoms with Gasteiger partial charge in [0, 0.05) is 18.8 Å². The molecular formula is C24H24N2O3. The maximum atomic E-state index is 12.5. The van der Waals surface area contributed by atoms with Crippen LogP contribution in [-0.4, -0.2) is 37.4 Å². The number of rotatable bonds is 7. The fourth-order valence-corrected chi connectivity index (χ4v) is 2.96. The summed E-state index contributed by atoms with van der Waals surface area (Å²) in [6.45, 7) is -0.0157. The Bertz CT molecular complexity index is 969. The van der Waals surface area contributed by atoms with Crippen LogP contribution in [0.5, 0.6) is 5.75 Å². The van der Waals surface area contributed by atoms with Crippen molar-refractivity contribution in [1.29, 1.82) is 0 Å².